The van der Waals surface area contributed by atoms with E-state index in [1.807, 2.05) is 30.3 Å². The third-order valence-corrected chi connectivity index (χ3v) is 5.20. The van der Waals surface area contributed by atoms with Crippen LogP contribution in [0.1, 0.15) is 12.0 Å². The van der Waals surface area contributed by atoms with E-state index in [0.29, 0.717) is 28.9 Å². The van der Waals surface area contributed by atoms with Gasteiger partial charge in [-0.15, -0.1) is 0 Å². The minimum atomic E-state index is -2.52. The highest BCUT2D eigenvalue weighted by atomic mass is 32.2. The number of esters is 1. The largest absolute Gasteiger partial charge is 0.455 e. The fraction of sp³-hybridized carbons (Fsp3) is 0.286. The molecule has 1 fully saturated rings. The van der Waals surface area contributed by atoms with Gasteiger partial charge in [-0.05, 0) is 29.8 Å². The molecular weight excluding hydrogens is 414 g/mol. The smallest absolute Gasteiger partial charge is 0.311 e. The van der Waals surface area contributed by atoms with Crippen molar-refractivity contribution in [3.8, 4) is 0 Å². The Hall–Kier alpha value is -2.94. The van der Waals surface area contributed by atoms with Gasteiger partial charge in [0.25, 0.3) is 11.7 Å². The predicted molar refractivity (Wildman–Crippen MR) is 108 cm³/mol. The van der Waals surface area contributed by atoms with E-state index >= 15 is 0 Å². The van der Waals surface area contributed by atoms with Gasteiger partial charge in [-0.25, -0.2) is 0 Å². The van der Waals surface area contributed by atoms with Crippen LogP contribution in [0.4, 0.5) is 14.5 Å². The summed E-state index contributed by atoms with van der Waals surface area (Å²) in [5, 5.41) is 2.53. The summed E-state index contributed by atoms with van der Waals surface area (Å²) in [6.07, 6.45) is 0.0521. The summed E-state index contributed by atoms with van der Waals surface area (Å²) in [6, 6.07) is 15.4. The van der Waals surface area contributed by atoms with Crippen LogP contribution in [0, 0.1) is 5.92 Å². The van der Waals surface area contributed by atoms with Gasteiger partial charge in [-0.3, -0.25) is 14.4 Å². The number of hydrogen-bond acceptors (Lipinski definition) is 5. The summed E-state index contributed by atoms with van der Waals surface area (Å²) in [7, 11) is 0. The maximum atomic E-state index is 12.3. The van der Waals surface area contributed by atoms with E-state index in [2.05, 4.69) is 5.32 Å². The molecule has 9 heteroatoms. The van der Waals surface area contributed by atoms with Gasteiger partial charge >= 0.3 is 5.97 Å². The molecule has 3 rings (SSSR count). The monoisotopic (exact) mass is 434 g/mol. The lowest BCUT2D eigenvalue weighted by molar-refractivity contribution is -0.151. The molecule has 0 saturated carbocycles. The first-order chi connectivity index (χ1) is 14.4. The fourth-order valence-corrected chi connectivity index (χ4v) is 3.56. The van der Waals surface area contributed by atoms with Gasteiger partial charge in [0.1, 0.15) is 0 Å². The number of likely N-dealkylation sites (tertiary alicyclic amines) is 1. The van der Waals surface area contributed by atoms with Crippen LogP contribution in [-0.4, -0.2) is 41.6 Å². The van der Waals surface area contributed by atoms with Crippen molar-refractivity contribution in [2.45, 2.75) is 23.6 Å². The summed E-state index contributed by atoms with van der Waals surface area (Å²) in [4.78, 5) is 38.3. The number of nitrogens with zero attached hydrogens (tertiary/aromatic N) is 1. The van der Waals surface area contributed by atoms with Gasteiger partial charge in [0, 0.05) is 30.1 Å². The molecule has 0 unspecified atom stereocenters. The van der Waals surface area contributed by atoms with Crippen LogP contribution in [0.3, 0.4) is 0 Å². The number of ether oxygens (including phenoxy) is 1. The number of benzene rings is 2. The average Bonchev–Trinajstić information content (AvgIpc) is 3.08. The minimum Gasteiger partial charge on any atom is -0.455 e. The van der Waals surface area contributed by atoms with Crippen molar-refractivity contribution in [2.75, 3.05) is 18.5 Å². The molecule has 6 nitrogen and oxygen atoms in total. The number of halogens is 2. The molecule has 2 aromatic carbocycles. The normalized spacial score (nSPS) is 16.0. The molecule has 0 spiro atoms. The molecule has 158 valence electrons. The number of carbonyl (C=O) groups excluding carboxylic acids is 3. The molecule has 1 N–H and O–H groups in total. The first-order valence-electron chi connectivity index (χ1n) is 9.24. The molecule has 1 aliphatic heterocycles. The topological polar surface area (TPSA) is 75.7 Å². The highest BCUT2D eigenvalue weighted by Crippen LogP contribution is 2.26. The summed E-state index contributed by atoms with van der Waals surface area (Å²) in [5.74, 6) is -4.41. The molecular formula is C21H20F2N2O4S. The number of rotatable bonds is 8. The molecule has 1 saturated heterocycles. The Kier molecular flexibility index (Phi) is 7.40. The third kappa shape index (κ3) is 6.28. The zero-order valence-corrected chi connectivity index (χ0v) is 16.7. The van der Waals surface area contributed by atoms with Crippen molar-refractivity contribution in [3.05, 3.63) is 60.2 Å². The minimum absolute atomic E-state index is 0.0521. The SMILES string of the molecule is O=C(COC(=O)[C@@H]1CC(=O)N(Cc2ccccc2)C1)Nc1ccc(SC(F)F)cc1. The Morgan fingerprint density at radius 1 is 1.13 bits per heavy atom. The summed E-state index contributed by atoms with van der Waals surface area (Å²) in [5.41, 5.74) is 1.37. The molecule has 30 heavy (non-hydrogen) atoms. The number of carbonyl (C=O) groups is 3. The van der Waals surface area contributed by atoms with E-state index in [4.69, 9.17) is 4.74 Å². The van der Waals surface area contributed by atoms with Gasteiger partial charge < -0.3 is 15.0 Å². The third-order valence-electron chi connectivity index (χ3n) is 4.47. The Labute approximate surface area is 176 Å². The highest BCUT2D eigenvalue weighted by Gasteiger charge is 2.35. The number of amides is 2. The highest BCUT2D eigenvalue weighted by molar-refractivity contribution is 7.99. The van der Waals surface area contributed by atoms with E-state index in [1.54, 1.807) is 4.90 Å². The van der Waals surface area contributed by atoms with Crippen molar-refractivity contribution in [1.82, 2.24) is 4.90 Å². The van der Waals surface area contributed by atoms with Gasteiger partial charge in [-0.2, -0.15) is 8.78 Å². The molecule has 0 aromatic heterocycles. The molecule has 0 radical (unpaired) electrons. The second-order valence-electron chi connectivity index (χ2n) is 6.72. The van der Waals surface area contributed by atoms with Crippen LogP contribution in [0.5, 0.6) is 0 Å². The maximum Gasteiger partial charge on any atom is 0.311 e. The lowest BCUT2D eigenvalue weighted by Crippen LogP contribution is -2.28. The number of anilines is 1. The summed E-state index contributed by atoms with van der Waals surface area (Å²) in [6.45, 7) is 0.178. The van der Waals surface area contributed by atoms with E-state index in [9.17, 15) is 23.2 Å². The predicted octanol–water partition coefficient (Wildman–Crippen LogP) is 3.53. The van der Waals surface area contributed by atoms with Gasteiger partial charge in [0.2, 0.25) is 5.91 Å². The van der Waals surface area contributed by atoms with Crippen molar-refractivity contribution >= 4 is 35.2 Å². The summed E-state index contributed by atoms with van der Waals surface area (Å²) < 4.78 is 29.7. The molecule has 1 aliphatic rings. The van der Waals surface area contributed by atoms with Gasteiger partial charge in [0.05, 0.1) is 5.92 Å². The van der Waals surface area contributed by atoms with Gasteiger partial charge in [0.15, 0.2) is 6.61 Å². The number of hydrogen-bond donors (Lipinski definition) is 1. The number of alkyl halides is 2. The molecule has 0 bridgehead atoms. The Bertz CT molecular complexity index is 894. The lowest BCUT2D eigenvalue weighted by atomic mass is 10.1. The molecule has 0 aliphatic carbocycles. The first-order valence-corrected chi connectivity index (χ1v) is 10.1. The second-order valence-corrected chi connectivity index (χ2v) is 7.78. The Morgan fingerprint density at radius 3 is 2.50 bits per heavy atom. The van der Waals surface area contributed by atoms with E-state index < -0.39 is 30.2 Å². The Balaban J connectivity index is 1.43. The van der Waals surface area contributed by atoms with Gasteiger partial charge in [-0.1, -0.05) is 42.1 Å². The van der Waals surface area contributed by atoms with Crippen molar-refractivity contribution in [2.24, 2.45) is 5.92 Å². The first kappa shape index (κ1) is 21.8. The molecule has 1 atom stereocenters. The van der Waals surface area contributed by atoms with Crippen LogP contribution in [0.2, 0.25) is 0 Å². The van der Waals surface area contributed by atoms with Crippen LogP contribution in [0.25, 0.3) is 0 Å². The zero-order valence-electron chi connectivity index (χ0n) is 15.9. The van der Waals surface area contributed by atoms with Crippen molar-refractivity contribution in [3.63, 3.8) is 0 Å². The van der Waals surface area contributed by atoms with Crippen molar-refractivity contribution in [1.29, 1.82) is 0 Å². The zero-order chi connectivity index (χ0) is 21.5. The quantitative estimate of drug-likeness (QED) is 0.508. The number of nitrogens with one attached hydrogen (secondary N) is 1. The fourth-order valence-electron chi connectivity index (χ4n) is 3.06. The lowest BCUT2D eigenvalue weighted by Gasteiger charge is -2.16. The van der Waals surface area contributed by atoms with Crippen LogP contribution in [0.15, 0.2) is 59.5 Å². The van der Waals surface area contributed by atoms with E-state index in [0.717, 1.165) is 5.56 Å². The summed E-state index contributed by atoms with van der Waals surface area (Å²) >= 11 is 0.408. The van der Waals surface area contributed by atoms with E-state index in [-0.39, 0.29) is 18.9 Å². The molecule has 2 amide bonds. The van der Waals surface area contributed by atoms with Crippen LogP contribution < -0.4 is 5.32 Å². The maximum absolute atomic E-state index is 12.3. The van der Waals surface area contributed by atoms with Crippen LogP contribution in [-0.2, 0) is 25.7 Å². The molecule has 1 heterocycles. The van der Waals surface area contributed by atoms with E-state index in [1.165, 1.54) is 24.3 Å². The second kappa shape index (κ2) is 10.2. The van der Waals surface area contributed by atoms with Crippen LogP contribution >= 0.6 is 11.8 Å². The molecule has 2 aromatic rings. The number of thioether (sulfide) groups is 1. The van der Waals surface area contributed by atoms with Crippen molar-refractivity contribution < 1.29 is 27.9 Å². The standard InChI is InChI=1S/C21H20F2N2O4S/c22-21(23)30-17-8-6-16(7-9-17)24-18(26)13-29-20(28)15-10-19(27)25(12-15)11-14-4-2-1-3-5-14/h1-9,15,21H,10-13H2,(H,24,26)/t15-/m1/s1. The Morgan fingerprint density at radius 2 is 1.83 bits per heavy atom. The average molecular weight is 434 g/mol.